The molecule has 0 radical (unpaired) electrons. The fourth-order valence-corrected chi connectivity index (χ4v) is 2.37. The zero-order valence-corrected chi connectivity index (χ0v) is 14.6. The fourth-order valence-electron chi connectivity index (χ4n) is 2.37. The molecule has 0 aliphatic heterocycles. The van der Waals surface area contributed by atoms with Gasteiger partial charge in [0.25, 0.3) is 0 Å². The second-order valence-corrected chi connectivity index (χ2v) is 5.12. The second-order valence-electron chi connectivity index (χ2n) is 5.12. The van der Waals surface area contributed by atoms with Crippen LogP contribution in [-0.2, 0) is 0 Å². The Hall–Kier alpha value is -2.82. The molecule has 5 heteroatoms. The summed E-state index contributed by atoms with van der Waals surface area (Å²) >= 11 is 0. The van der Waals surface area contributed by atoms with E-state index in [0.29, 0.717) is 22.8 Å². The van der Waals surface area contributed by atoms with E-state index in [-0.39, 0.29) is 12.4 Å². The zero-order valence-electron chi connectivity index (χ0n) is 13.7. The molecule has 128 valence electrons. The molecule has 0 aliphatic rings. The van der Waals surface area contributed by atoms with Crippen molar-refractivity contribution in [2.24, 2.45) is 4.99 Å². The Balaban J connectivity index is 0.00000225. The Kier molecular flexibility index (Phi) is 6.57. The van der Waals surface area contributed by atoms with Crippen LogP contribution in [0.5, 0.6) is 5.75 Å². The third-order valence-corrected chi connectivity index (χ3v) is 3.54. The van der Waals surface area contributed by atoms with Gasteiger partial charge in [0, 0.05) is 0 Å². The summed E-state index contributed by atoms with van der Waals surface area (Å²) in [5, 5.41) is 11.8. The summed E-state index contributed by atoms with van der Waals surface area (Å²) in [5.41, 5.74) is 2.07. The second kappa shape index (κ2) is 8.87. The topological polar surface area (TPSA) is 45.1 Å². The summed E-state index contributed by atoms with van der Waals surface area (Å²) in [5.74, 6) is 1.03. The third kappa shape index (κ3) is 4.38. The summed E-state index contributed by atoms with van der Waals surface area (Å²) < 4.78 is 5.43. The molecule has 0 aliphatic carbocycles. The van der Waals surface area contributed by atoms with E-state index in [9.17, 15) is 5.21 Å². The van der Waals surface area contributed by atoms with Crippen LogP contribution in [0.1, 0.15) is 5.56 Å². The molecule has 0 bridgehead atoms. The quantitative estimate of drug-likeness (QED) is 0.403. The van der Waals surface area contributed by atoms with Crippen molar-refractivity contribution in [1.82, 2.24) is 0 Å². The normalized spacial score (nSPS) is 10.7. The van der Waals surface area contributed by atoms with Gasteiger partial charge in [0.1, 0.15) is 5.75 Å². The number of anilines is 1. The van der Waals surface area contributed by atoms with Gasteiger partial charge in [0.15, 0.2) is 5.84 Å². The van der Waals surface area contributed by atoms with Gasteiger partial charge >= 0.3 is 0 Å². The molecule has 0 fully saturated rings. The number of halogens is 1. The van der Waals surface area contributed by atoms with Crippen LogP contribution in [0.3, 0.4) is 0 Å². The molecule has 0 atom stereocenters. The largest absolute Gasteiger partial charge is 0.496 e. The van der Waals surface area contributed by atoms with Crippen LogP contribution in [0.2, 0.25) is 0 Å². The van der Waals surface area contributed by atoms with Gasteiger partial charge in [-0.15, -0.1) is 12.4 Å². The summed E-state index contributed by atoms with van der Waals surface area (Å²) in [6, 6.07) is 26.2. The molecule has 4 nitrogen and oxygen atoms in total. The van der Waals surface area contributed by atoms with E-state index >= 15 is 0 Å². The van der Waals surface area contributed by atoms with Crippen LogP contribution in [0.25, 0.3) is 0 Å². The number of ether oxygens (including phenoxy) is 1. The van der Waals surface area contributed by atoms with Gasteiger partial charge in [-0.3, -0.25) is 5.21 Å². The van der Waals surface area contributed by atoms with Gasteiger partial charge in [-0.05, 0) is 36.4 Å². The van der Waals surface area contributed by atoms with E-state index in [1.807, 2.05) is 84.9 Å². The summed E-state index contributed by atoms with van der Waals surface area (Å²) in [6.07, 6.45) is 0. The van der Waals surface area contributed by atoms with E-state index in [1.54, 1.807) is 7.11 Å². The lowest BCUT2D eigenvalue weighted by Crippen LogP contribution is -2.28. The number of nitrogens with zero attached hydrogens (tertiary/aromatic N) is 2. The minimum atomic E-state index is 0. The highest BCUT2D eigenvalue weighted by Crippen LogP contribution is 2.25. The highest BCUT2D eigenvalue weighted by molar-refractivity contribution is 6.11. The molecular weight excluding hydrogens is 336 g/mol. The van der Waals surface area contributed by atoms with Crippen molar-refractivity contribution in [3.8, 4) is 5.75 Å². The average Bonchev–Trinajstić information content (AvgIpc) is 2.67. The number of methoxy groups -OCH3 is 1. The lowest BCUT2D eigenvalue weighted by atomic mass is 10.1. The van der Waals surface area contributed by atoms with E-state index < -0.39 is 0 Å². The molecule has 0 amide bonds. The van der Waals surface area contributed by atoms with Crippen LogP contribution in [-0.4, -0.2) is 18.2 Å². The Morgan fingerprint density at radius 3 is 2.04 bits per heavy atom. The molecule has 0 spiro atoms. The van der Waals surface area contributed by atoms with Gasteiger partial charge in [0.05, 0.1) is 24.0 Å². The van der Waals surface area contributed by atoms with E-state index in [1.165, 1.54) is 0 Å². The molecular formula is C20H19ClN2O2. The summed E-state index contributed by atoms with van der Waals surface area (Å²) in [6.45, 7) is 0. The maximum Gasteiger partial charge on any atom is 0.169 e. The van der Waals surface area contributed by atoms with Gasteiger partial charge in [-0.25, -0.2) is 10.1 Å². The van der Waals surface area contributed by atoms with Gasteiger partial charge in [-0.2, -0.15) is 0 Å². The first-order chi connectivity index (χ1) is 11.8. The van der Waals surface area contributed by atoms with Gasteiger partial charge in [-0.1, -0.05) is 48.5 Å². The van der Waals surface area contributed by atoms with Crippen molar-refractivity contribution in [3.05, 3.63) is 90.5 Å². The molecule has 1 N–H and O–H groups in total. The third-order valence-electron chi connectivity index (χ3n) is 3.54. The number of hydrogen-bond donors (Lipinski definition) is 1. The van der Waals surface area contributed by atoms with Crippen molar-refractivity contribution in [3.63, 3.8) is 0 Å². The molecule has 0 unspecified atom stereocenters. The van der Waals surface area contributed by atoms with Crippen molar-refractivity contribution in [2.45, 2.75) is 0 Å². The predicted octanol–water partition coefficient (Wildman–Crippen LogP) is 5.09. The Labute approximate surface area is 153 Å². The molecule has 0 aromatic heterocycles. The van der Waals surface area contributed by atoms with Crippen LogP contribution in [0.15, 0.2) is 89.9 Å². The van der Waals surface area contributed by atoms with Crippen molar-refractivity contribution in [1.29, 1.82) is 0 Å². The number of hydroxylamine groups is 1. The molecule has 0 heterocycles. The Morgan fingerprint density at radius 2 is 1.40 bits per heavy atom. The fraction of sp³-hybridized carbons (Fsp3) is 0.0500. The van der Waals surface area contributed by atoms with Crippen molar-refractivity contribution >= 4 is 29.6 Å². The average molecular weight is 355 g/mol. The maximum atomic E-state index is 10.8. The smallest absolute Gasteiger partial charge is 0.169 e. The summed E-state index contributed by atoms with van der Waals surface area (Å²) in [7, 11) is 1.60. The van der Waals surface area contributed by atoms with Crippen LogP contribution in [0.4, 0.5) is 11.4 Å². The molecule has 3 aromatic rings. The van der Waals surface area contributed by atoms with Gasteiger partial charge < -0.3 is 4.74 Å². The minimum Gasteiger partial charge on any atom is -0.496 e. The summed E-state index contributed by atoms with van der Waals surface area (Å²) in [4.78, 5) is 4.63. The number of aliphatic imine (C=N–C) groups is 1. The number of para-hydroxylation sites is 3. The molecule has 25 heavy (non-hydrogen) atoms. The predicted molar refractivity (Wildman–Crippen MR) is 104 cm³/mol. The zero-order chi connectivity index (χ0) is 16.8. The Bertz CT molecular complexity index is 823. The SMILES string of the molecule is COc1ccccc1C(=Nc1ccccc1)N(O)c1ccccc1.Cl. The molecule has 0 saturated carbocycles. The van der Waals surface area contributed by atoms with E-state index in [4.69, 9.17) is 4.74 Å². The molecule has 0 saturated heterocycles. The maximum absolute atomic E-state index is 10.8. The number of benzene rings is 3. The van der Waals surface area contributed by atoms with Crippen LogP contribution < -0.4 is 9.80 Å². The van der Waals surface area contributed by atoms with Crippen molar-refractivity contribution in [2.75, 3.05) is 12.2 Å². The first-order valence-electron chi connectivity index (χ1n) is 7.61. The monoisotopic (exact) mass is 354 g/mol. The molecule has 3 rings (SSSR count). The van der Waals surface area contributed by atoms with Crippen LogP contribution >= 0.6 is 12.4 Å². The first-order valence-corrected chi connectivity index (χ1v) is 7.61. The standard InChI is InChI=1S/C20H18N2O2.ClH/c1-24-19-15-9-8-14-18(19)20(21-16-10-4-2-5-11-16)22(23)17-12-6-3-7-13-17;/h2-15,23H,1H3;1H. The van der Waals surface area contributed by atoms with Gasteiger partial charge in [0.2, 0.25) is 0 Å². The number of rotatable bonds is 4. The first kappa shape index (κ1) is 18.5. The Morgan fingerprint density at radius 1 is 0.840 bits per heavy atom. The van der Waals surface area contributed by atoms with Crippen molar-refractivity contribution < 1.29 is 9.94 Å². The highest BCUT2D eigenvalue weighted by Gasteiger charge is 2.17. The lowest BCUT2D eigenvalue weighted by molar-refractivity contribution is 0.312. The van der Waals surface area contributed by atoms with Crippen LogP contribution in [0, 0.1) is 0 Å². The minimum absolute atomic E-state index is 0. The van der Waals surface area contributed by atoms with E-state index in [0.717, 1.165) is 10.8 Å². The number of amidine groups is 1. The van der Waals surface area contributed by atoms with E-state index in [2.05, 4.69) is 4.99 Å². The lowest BCUT2D eigenvalue weighted by Gasteiger charge is -2.21. The number of hydrogen-bond acceptors (Lipinski definition) is 3. The highest BCUT2D eigenvalue weighted by atomic mass is 35.5. The molecule has 3 aromatic carbocycles.